The number of alkyl halides is 3. The van der Waals surface area contributed by atoms with Gasteiger partial charge in [-0.05, 0) is 60.7 Å². The minimum Gasteiger partial charge on any atom is -0.170 e. The second-order valence-corrected chi connectivity index (χ2v) is 7.09. The van der Waals surface area contributed by atoms with Gasteiger partial charge < -0.3 is 0 Å². The molecule has 0 aliphatic heterocycles. The molecule has 0 saturated heterocycles. The first-order valence-electron chi connectivity index (χ1n) is 7.37. The Morgan fingerprint density at radius 3 is 2.25 bits per heavy atom. The van der Waals surface area contributed by atoms with E-state index in [-0.39, 0.29) is 5.56 Å². The number of halogens is 5. The van der Waals surface area contributed by atoms with Crippen LogP contribution >= 0.6 is 27.5 Å². The summed E-state index contributed by atoms with van der Waals surface area (Å²) in [5.41, 5.74) is 3.43. The molecule has 5 heteroatoms. The molecule has 0 N–H and O–H groups in total. The van der Waals surface area contributed by atoms with Gasteiger partial charge in [-0.2, -0.15) is 13.2 Å². The average molecular weight is 418 g/mol. The quantitative estimate of drug-likeness (QED) is 0.488. The van der Waals surface area contributed by atoms with E-state index in [0.717, 1.165) is 21.2 Å². The van der Waals surface area contributed by atoms with Gasteiger partial charge in [0.2, 0.25) is 0 Å². The van der Waals surface area contributed by atoms with Crippen LogP contribution in [0.15, 0.2) is 40.9 Å². The molecule has 1 unspecified atom stereocenters. The van der Waals surface area contributed by atoms with Crippen LogP contribution in [-0.4, -0.2) is 6.18 Å². The molecule has 2 rings (SSSR count). The van der Waals surface area contributed by atoms with Crippen LogP contribution in [-0.2, 0) is 0 Å². The van der Waals surface area contributed by atoms with Crippen molar-refractivity contribution in [3.05, 3.63) is 73.7 Å². The maximum atomic E-state index is 13.5. The highest BCUT2D eigenvalue weighted by Crippen LogP contribution is 2.38. The number of benzene rings is 2. The Morgan fingerprint density at radius 2 is 1.71 bits per heavy atom. The third-order valence-corrected chi connectivity index (χ3v) is 5.26. The molecule has 0 amide bonds. The molecule has 2 aromatic carbocycles. The molecular weight excluding hydrogens is 401 g/mol. The summed E-state index contributed by atoms with van der Waals surface area (Å²) in [6, 6.07) is 8.40. The number of allylic oxidation sites excluding steroid dienone is 1. The summed E-state index contributed by atoms with van der Waals surface area (Å²) < 4.78 is 41.4. The first-order valence-corrected chi connectivity index (χ1v) is 8.54. The van der Waals surface area contributed by atoms with Gasteiger partial charge in [0.05, 0.1) is 5.92 Å². The molecule has 128 valence electrons. The highest BCUT2D eigenvalue weighted by Gasteiger charge is 2.39. The van der Waals surface area contributed by atoms with Crippen molar-refractivity contribution >= 4 is 33.6 Å². The molecule has 2 aromatic rings. The second kappa shape index (κ2) is 7.32. The molecule has 0 saturated carbocycles. The highest BCUT2D eigenvalue weighted by atomic mass is 79.9. The van der Waals surface area contributed by atoms with Crippen LogP contribution in [0.25, 0.3) is 6.08 Å². The Hall–Kier alpha value is -1.26. The van der Waals surface area contributed by atoms with Gasteiger partial charge in [-0.1, -0.05) is 57.9 Å². The van der Waals surface area contributed by atoms with Gasteiger partial charge in [0.15, 0.2) is 0 Å². The Balaban J connectivity index is 2.43. The first kappa shape index (κ1) is 19.1. The van der Waals surface area contributed by atoms with E-state index >= 15 is 0 Å². The molecule has 0 aliphatic carbocycles. The third kappa shape index (κ3) is 4.42. The summed E-state index contributed by atoms with van der Waals surface area (Å²) in [7, 11) is 0. The molecule has 0 fully saturated rings. The Kier molecular flexibility index (Phi) is 5.82. The maximum Gasteiger partial charge on any atom is 0.399 e. The van der Waals surface area contributed by atoms with E-state index < -0.39 is 12.1 Å². The zero-order valence-electron chi connectivity index (χ0n) is 13.5. The van der Waals surface area contributed by atoms with Crippen LogP contribution in [0.1, 0.15) is 33.7 Å². The third-order valence-electron chi connectivity index (χ3n) is 4.02. The van der Waals surface area contributed by atoms with Gasteiger partial charge in [0, 0.05) is 9.50 Å². The van der Waals surface area contributed by atoms with Crippen LogP contribution in [0.4, 0.5) is 13.2 Å². The lowest BCUT2D eigenvalue weighted by atomic mass is 9.94. The summed E-state index contributed by atoms with van der Waals surface area (Å²) in [4.78, 5) is 0. The van der Waals surface area contributed by atoms with Gasteiger partial charge >= 0.3 is 6.18 Å². The fourth-order valence-corrected chi connectivity index (χ4v) is 3.02. The normalized spacial score (nSPS) is 13.5. The Labute approximate surface area is 153 Å². The highest BCUT2D eigenvalue weighted by molar-refractivity contribution is 9.10. The molecule has 0 aliphatic rings. The SMILES string of the molecule is Cc1ccc(/C=C/C(c2cc(C)c(C)c(Cl)c2)C(F)(F)F)cc1Br. The topological polar surface area (TPSA) is 0 Å². The van der Waals surface area contributed by atoms with Crippen molar-refractivity contribution < 1.29 is 13.2 Å². The van der Waals surface area contributed by atoms with E-state index in [1.807, 2.05) is 13.0 Å². The van der Waals surface area contributed by atoms with E-state index in [2.05, 4.69) is 15.9 Å². The number of hydrogen-bond acceptors (Lipinski definition) is 0. The zero-order valence-corrected chi connectivity index (χ0v) is 15.9. The molecule has 24 heavy (non-hydrogen) atoms. The summed E-state index contributed by atoms with van der Waals surface area (Å²) in [5, 5.41) is 0.353. The van der Waals surface area contributed by atoms with E-state index in [4.69, 9.17) is 11.6 Å². The maximum absolute atomic E-state index is 13.5. The minimum atomic E-state index is -4.39. The molecule has 1 atom stereocenters. The fraction of sp³-hybridized carbons (Fsp3) is 0.263. The van der Waals surface area contributed by atoms with Gasteiger partial charge in [-0.15, -0.1) is 0 Å². The average Bonchev–Trinajstić information content (AvgIpc) is 2.47. The van der Waals surface area contributed by atoms with Crippen LogP contribution in [0.3, 0.4) is 0 Å². The van der Waals surface area contributed by atoms with Gasteiger partial charge in [-0.25, -0.2) is 0 Å². The van der Waals surface area contributed by atoms with Crippen LogP contribution in [0, 0.1) is 20.8 Å². The van der Waals surface area contributed by atoms with Crippen molar-refractivity contribution in [3.8, 4) is 0 Å². The van der Waals surface area contributed by atoms with Crippen molar-refractivity contribution in [2.45, 2.75) is 32.9 Å². The summed E-state index contributed by atoms with van der Waals surface area (Å²) in [6.45, 7) is 5.48. The van der Waals surface area contributed by atoms with Crippen molar-refractivity contribution in [2.24, 2.45) is 0 Å². The van der Waals surface area contributed by atoms with Crippen LogP contribution in [0.5, 0.6) is 0 Å². The van der Waals surface area contributed by atoms with E-state index in [9.17, 15) is 13.2 Å². The molecule has 0 radical (unpaired) electrons. The predicted molar refractivity (Wildman–Crippen MR) is 97.6 cm³/mol. The molecule has 0 bridgehead atoms. The smallest absolute Gasteiger partial charge is 0.170 e. The van der Waals surface area contributed by atoms with Gasteiger partial charge in [-0.3, -0.25) is 0 Å². The molecule has 0 aromatic heterocycles. The lowest BCUT2D eigenvalue weighted by Crippen LogP contribution is -2.19. The first-order chi connectivity index (χ1) is 11.1. The van der Waals surface area contributed by atoms with Crippen LogP contribution in [0.2, 0.25) is 5.02 Å². The van der Waals surface area contributed by atoms with E-state index in [1.165, 1.54) is 18.2 Å². The monoisotopic (exact) mass is 416 g/mol. The summed E-state index contributed by atoms with van der Waals surface area (Å²) in [6.07, 6.45) is -1.72. The predicted octanol–water partition coefficient (Wildman–Crippen LogP) is 7.39. The Morgan fingerprint density at radius 1 is 1.04 bits per heavy atom. The van der Waals surface area contributed by atoms with Gasteiger partial charge in [0.1, 0.15) is 0 Å². The Bertz CT molecular complexity index is 756. The van der Waals surface area contributed by atoms with E-state index in [0.29, 0.717) is 10.6 Å². The lowest BCUT2D eigenvalue weighted by molar-refractivity contribution is -0.139. The zero-order chi connectivity index (χ0) is 18.1. The number of aryl methyl sites for hydroxylation is 2. The van der Waals surface area contributed by atoms with Crippen molar-refractivity contribution in [2.75, 3.05) is 0 Å². The molecule has 0 nitrogen and oxygen atoms in total. The summed E-state index contributed by atoms with van der Waals surface area (Å²) in [5.74, 6) is -1.70. The second-order valence-electron chi connectivity index (χ2n) is 5.83. The number of hydrogen-bond donors (Lipinski definition) is 0. The lowest BCUT2D eigenvalue weighted by Gasteiger charge is -2.19. The van der Waals surface area contributed by atoms with Crippen molar-refractivity contribution in [1.82, 2.24) is 0 Å². The van der Waals surface area contributed by atoms with Crippen LogP contribution < -0.4 is 0 Å². The standard InChI is InChI=1S/C19H17BrClF3/c1-11-4-5-14(9-17(11)20)6-7-16(19(22,23)24)15-8-12(2)13(3)18(21)10-15/h4-10,16H,1-3H3/b7-6+. The molecule has 0 spiro atoms. The van der Waals surface area contributed by atoms with Crippen molar-refractivity contribution in [3.63, 3.8) is 0 Å². The number of rotatable bonds is 3. The van der Waals surface area contributed by atoms with Crippen molar-refractivity contribution in [1.29, 1.82) is 0 Å². The fourth-order valence-electron chi connectivity index (χ4n) is 2.35. The molecular formula is C19H17BrClF3. The summed E-state index contributed by atoms with van der Waals surface area (Å²) >= 11 is 9.46. The molecule has 0 heterocycles. The van der Waals surface area contributed by atoms with E-state index in [1.54, 1.807) is 32.0 Å². The largest absolute Gasteiger partial charge is 0.399 e. The minimum absolute atomic E-state index is 0.151. The van der Waals surface area contributed by atoms with Gasteiger partial charge in [0.25, 0.3) is 0 Å².